The summed E-state index contributed by atoms with van der Waals surface area (Å²) in [7, 11) is 0. The number of hydrogen-bond donors (Lipinski definition) is 1. The minimum atomic E-state index is -1.16. The number of carbonyl (C=O) groups excluding carboxylic acids is 1. The summed E-state index contributed by atoms with van der Waals surface area (Å²) in [4.78, 5) is 22.0. The van der Waals surface area contributed by atoms with Crippen molar-refractivity contribution in [2.24, 2.45) is 17.8 Å². The Bertz CT molecular complexity index is 387. The van der Waals surface area contributed by atoms with Crippen LogP contribution in [0.2, 0.25) is 0 Å². The molecule has 2 heterocycles. The van der Waals surface area contributed by atoms with Gasteiger partial charge >= 0.3 is 11.9 Å². The molecule has 2 fully saturated rings. The molecule has 0 radical (unpaired) electrons. The SMILES string of the molecule is CC1C2CC(C(C)(C)OC(=O)CC(=O)O)C(O2)C1C. The van der Waals surface area contributed by atoms with Crippen LogP contribution in [-0.2, 0) is 19.1 Å². The van der Waals surface area contributed by atoms with E-state index in [9.17, 15) is 9.59 Å². The molecule has 0 aromatic heterocycles. The molecule has 5 heteroatoms. The van der Waals surface area contributed by atoms with Crippen LogP contribution in [0.3, 0.4) is 0 Å². The highest BCUT2D eigenvalue weighted by atomic mass is 16.6. The molecule has 0 spiro atoms. The maximum Gasteiger partial charge on any atom is 0.317 e. The fourth-order valence-electron chi connectivity index (χ4n) is 3.41. The Morgan fingerprint density at radius 2 is 1.95 bits per heavy atom. The summed E-state index contributed by atoms with van der Waals surface area (Å²) in [6.07, 6.45) is 0.635. The zero-order valence-corrected chi connectivity index (χ0v) is 11.9. The van der Waals surface area contributed by atoms with Crippen LogP contribution >= 0.6 is 0 Å². The van der Waals surface area contributed by atoms with Gasteiger partial charge < -0.3 is 14.6 Å². The molecule has 0 saturated carbocycles. The Hall–Kier alpha value is -1.10. The van der Waals surface area contributed by atoms with Crippen LogP contribution in [0.15, 0.2) is 0 Å². The second kappa shape index (κ2) is 4.78. The van der Waals surface area contributed by atoms with E-state index < -0.39 is 24.0 Å². The predicted molar refractivity (Wildman–Crippen MR) is 67.5 cm³/mol. The molecule has 2 bridgehead atoms. The second-order valence-electron chi connectivity index (χ2n) is 6.35. The quantitative estimate of drug-likeness (QED) is 0.623. The van der Waals surface area contributed by atoms with Crippen LogP contribution in [0.4, 0.5) is 0 Å². The number of hydrogen-bond acceptors (Lipinski definition) is 4. The van der Waals surface area contributed by atoms with E-state index in [1.54, 1.807) is 0 Å². The number of carbonyl (C=O) groups is 2. The third-order valence-corrected chi connectivity index (χ3v) is 4.71. The van der Waals surface area contributed by atoms with Crippen LogP contribution in [0.5, 0.6) is 0 Å². The van der Waals surface area contributed by atoms with E-state index in [1.165, 1.54) is 0 Å². The highest BCUT2D eigenvalue weighted by Gasteiger charge is 2.55. The van der Waals surface area contributed by atoms with Crippen molar-refractivity contribution >= 4 is 11.9 Å². The first kappa shape index (κ1) is 14.3. The maximum absolute atomic E-state index is 11.5. The smallest absolute Gasteiger partial charge is 0.317 e. The Morgan fingerprint density at radius 3 is 2.42 bits per heavy atom. The van der Waals surface area contributed by atoms with Gasteiger partial charge in [0.2, 0.25) is 0 Å². The third kappa shape index (κ3) is 2.61. The van der Waals surface area contributed by atoms with Gasteiger partial charge in [-0.3, -0.25) is 9.59 Å². The van der Waals surface area contributed by atoms with Crippen molar-refractivity contribution in [1.82, 2.24) is 0 Å². The van der Waals surface area contributed by atoms with Gasteiger partial charge in [0.05, 0.1) is 12.2 Å². The first-order valence-electron chi connectivity index (χ1n) is 6.81. The summed E-state index contributed by atoms with van der Waals surface area (Å²) in [5.41, 5.74) is -0.680. The molecule has 2 saturated heterocycles. The number of carboxylic acid groups (broad SMARTS) is 1. The molecule has 0 amide bonds. The van der Waals surface area contributed by atoms with Crippen molar-refractivity contribution in [2.45, 2.75) is 58.3 Å². The average molecular weight is 270 g/mol. The van der Waals surface area contributed by atoms with Gasteiger partial charge in [-0.25, -0.2) is 0 Å². The van der Waals surface area contributed by atoms with Crippen molar-refractivity contribution in [3.63, 3.8) is 0 Å². The molecule has 0 aromatic carbocycles. The summed E-state index contributed by atoms with van der Waals surface area (Å²) in [5.74, 6) is -0.720. The molecule has 1 N–H and O–H groups in total. The van der Waals surface area contributed by atoms with Crippen molar-refractivity contribution < 1.29 is 24.2 Å². The predicted octanol–water partition coefficient (Wildman–Crippen LogP) is 1.84. The van der Waals surface area contributed by atoms with Gasteiger partial charge in [0.1, 0.15) is 12.0 Å². The maximum atomic E-state index is 11.5. The summed E-state index contributed by atoms with van der Waals surface area (Å²) in [6.45, 7) is 8.05. The highest BCUT2D eigenvalue weighted by Crippen LogP contribution is 2.50. The summed E-state index contributed by atoms with van der Waals surface area (Å²) in [5, 5.41) is 8.60. The molecule has 108 valence electrons. The molecule has 5 atom stereocenters. The average Bonchev–Trinajstić information content (AvgIpc) is 2.78. The molecule has 19 heavy (non-hydrogen) atoms. The first-order valence-corrected chi connectivity index (χ1v) is 6.81. The van der Waals surface area contributed by atoms with E-state index >= 15 is 0 Å². The molecule has 0 aliphatic carbocycles. The number of fused-ring (bicyclic) bond motifs is 2. The third-order valence-electron chi connectivity index (χ3n) is 4.71. The van der Waals surface area contributed by atoms with Crippen LogP contribution in [0.25, 0.3) is 0 Å². The van der Waals surface area contributed by atoms with E-state index in [-0.39, 0.29) is 18.1 Å². The summed E-state index contributed by atoms with van der Waals surface area (Å²) < 4.78 is 11.3. The molecule has 2 aliphatic heterocycles. The fourth-order valence-corrected chi connectivity index (χ4v) is 3.41. The van der Waals surface area contributed by atoms with Crippen molar-refractivity contribution in [3.8, 4) is 0 Å². The number of aliphatic carboxylic acids is 1. The second-order valence-corrected chi connectivity index (χ2v) is 6.35. The molecule has 5 unspecified atom stereocenters. The molecule has 5 nitrogen and oxygen atoms in total. The lowest BCUT2D eigenvalue weighted by Gasteiger charge is -2.38. The highest BCUT2D eigenvalue weighted by molar-refractivity contribution is 5.90. The molecular formula is C14H22O5. The minimum absolute atomic E-state index is 0.104. The molecule has 2 aliphatic rings. The normalized spacial score (nSPS) is 37.4. The van der Waals surface area contributed by atoms with Gasteiger partial charge in [-0.1, -0.05) is 13.8 Å². The van der Waals surface area contributed by atoms with Gasteiger partial charge in [0.15, 0.2) is 0 Å². The van der Waals surface area contributed by atoms with E-state index in [0.29, 0.717) is 11.8 Å². The topological polar surface area (TPSA) is 72.8 Å². The lowest BCUT2D eigenvalue weighted by Crippen LogP contribution is -2.45. The molecule has 0 aromatic rings. The first-order chi connectivity index (χ1) is 8.72. The van der Waals surface area contributed by atoms with Crippen molar-refractivity contribution in [3.05, 3.63) is 0 Å². The van der Waals surface area contributed by atoms with Crippen molar-refractivity contribution in [1.29, 1.82) is 0 Å². The minimum Gasteiger partial charge on any atom is -0.481 e. The monoisotopic (exact) mass is 270 g/mol. The standard InChI is InChI=1S/C14H22O5/c1-7-8(2)13-9(5-10(7)18-13)14(3,4)19-12(17)6-11(15)16/h7-10,13H,5-6H2,1-4H3,(H,15,16). The Kier molecular flexibility index (Phi) is 3.60. The fraction of sp³-hybridized carbons (Fsp3) is 0.857. The zero-order chi connectivity index (χ0) is 14.4. The van der Waals surface area contributed by atoms with E-state index in [1.807, 2.05) is 13.8 Å². The largest absolute Gasteiger partial charge is 0.481 e. The van der Waals surface area contributed by atoms with E-state index in [2.05, 4.69) is 13.8 Å². The molecular weight excluding hydrogens is 248 g/mol. The van der Waals surface area contributed by atoms with E-state index in [4.69, 9.17) is 14.6 Å². The van der Waals surface area contributed by atoms with Crippen LogP contribution in [-0.4, -0.2) is 34.9 Å². The number of rotatable bonds is 4. The van der Waals surface area contributed by atoms with Gasteiger partial charge in [-0.2, -0.15) is 0 Å². The van der Waals surface area contributed by atoms with E-state index in [0.717, 1.165) is 6.42 Å². The summed E-state index contributed by atoms with van der Waals surface area (Å²) >= 11 is 0. The lowest BCUT2D eigenvalue weighted by atomic mass is 9.70. The van der Waals surface area contributed by atoms with Gasteiger partial charge in [-0.05, 0) is 32.1 Å². The van der Waals surface area contributed by atoms with Gasteiger partial charge in [-0.15, -0.1) is 0 Å². The lowest BCUT2D eigenvalue weighted by molar-refractivity contribution is -0.167. The number of ether oxygens (including phenoxy) is 2. The number of esters is 1. The Balaban J connectivity index is 2.01. The summed E-state index contributed by atoms with van der Waals surface area (Å²) in [6, 6.07) is 0. The Labute approximate surface area is 113 Å². The van der Waals surface area contributed by atoms with Crippen LogP contribution in [0, 0.1) is 17.8 Å². The van der Waals surface area contributed by atoms with Crippen molar-refractivity contribution in [2.75, 3.05) is 0 Å². The van der Waals surface area contributed by atoms with Crippen LogP contribution in [0.1, 0.15) is 40.5 Å². The zero-order valence-electron chi connectivity index (χ0n) is 11.9. The molecule has 2 rings (SSSR count). The number of carboxylic acids is 1. The van der Waals surface area contributed by atoms with Gasteiger partial charge in [0.25, 0.3) is 0 Å². The van der Waals surface area contributed by atoms with Gasteiger partial charge in [0, 0.05) is 5.92 Å². The van der Waals surface area contributed by atoms with Crippen LogP contribution < -0.4 is 0 Å². The Morgan fingerprint density at radius 1 is 1.32 bits per heavy atom.